The quantitative estimate of drug-likeness (QED) is 0.214. The van der Waals surface area contributed by atoms with Crippen LogP contribution < -0.4 is 9.47 Å². The summed E-state index contributed by atoms with van der Waals surface area (Å²) < 4.78 is 12.1. The topological polar surface area (TPSA) is 52.6 Å². The average Bonchev–Trinajstić information content (AvgIpc) is 3.29. The maximum atomic E-state index is 12.4. The Balaban J connectivity index is 1.36. The van der Waals surface area contributed by atoms with E-state index in [0.29, 0.717) is 22.6 Å². The molecule has 5 aromatic rings. The molecule has 0 atom stereocenters. The number of hydrogen-bond donors (Lipinski definition) is 0. The fraction of sp³-hybridized carbons (Fsp3) is 0. The Labute approximate surface area is 194 Å². The number of carbonyl (C=O) groups is 2. The first-order chi connectivity index (χ1) is 16.2. The van der Waals surface area contributed by atoms with E-state index in [1.165, 1.54) is 0 Å². The molecule has 1 heterocycles. The van der Waals surface area contributed by atoms with Crippen molar-refractivity contribution >= 4 is 33.4 Å². The molecule has 4 aromatic carbocycles. The molecule has 5 heteroatoms. The Morgan fingerprint density at radius 1 is 0.576 bits per heavy atom. The molecule has 0 saturated carbocycles. The van der Waals surface area contributed by atoms with Crippen molar-refractivity contribution in [3.05, 3.63) is 120 Å². The summed E-state index contributed by atoms with van der Waals surface area (Å²) in [5.74, 6) is 0.195. The van der Waals surface area contributed by atoms with E-state index in [4.69, 9.17) is 9.47 Å². The first kappa shape index (κ1) is 20.7. The normalized spacial score (nSPS) is 10.7. The number of hydrogen-bond acceptors (Lipinski definition) is 5. The monoisotopic (exact) mass is 450 g/mol. The van der Waals surface area contributed by atoms with Gasteiger partial charge in [0.1, 0.15) is 11.5 Å². The fourth-order valence-electron chi connectivity index (χ4n) is 3.41. The van der Waals surface area contributed by atoms with Gasteiger partial charge in [-0.1, -0.05) is 48.5 Å². The molecule has 0 radical (unpaired) electrons. The van der Waals surface area contributed by atoms with Gasteiger partial charge in [-0.2, -0.15) is 0 Å². The van der Waals surface area contributed by atoms with E-state index in [9.17, 15) is 9.59 Å². The summed E-state index contributed by atoms with van der Waals surface area (Å²) in [5, 5.41) is 1.04. The molecule has 4 nitrogen and oxygen atoms in total. The molecule has 0 aliphatic rings. The molecular weight excluding hydrogens is 432 g/mol. The molecule has 33 heavy (non-hydrogen) atoms. The van der Waals surface area contributed by atoms with Crippen molar-refractivity contribution in [2.75, 3.05) is 0 Å². The third-order valence-electron chi connectivity index (χ3n) is 5.05. The molecular formula is C28H18O4S. The van der Waals surface area contributed by atoms with Crippen molar-refractivity contribution in [1.29, 1.82) is 0 Å². The third kappa shape index (κ3) is 4.68. The zero-order valence-corrected chi connectivity index (χ0v) is 18.3. The molecule has 0 saturated heterocycles. The first-order valence-electron chi connectivity index (χ1n) is 10.3. The van der Waals surface area contributed by atoms with E-state index in [-0.39, 0.29) is 5.97 Å². The minimum atomic E-state index is -0.394. The Morgan fingerprint density at radius 3 is 1.82 bits per heavy atom. The summed E-state index contributed by atoms with van der Waals surface area (Å²) in [6.45, 7) is 0. The van der Waals surface area contributed by atoms with Crippen LogP contribution in [0.25, 0.3) is 20.5 Å². The van der Waals surface area contributed by atoms with Crippen molar-refractivity contribution in [2.45, 2.75) is 0 Å². The second-order valence-electron chi connectivity index (χ2n) is 7.35. The minimum Gasteiger partial charge on any atom is -0.423 e. The number of carbonyl (C=O) groups excluding carboxylic acids is 2. The number of thiophene rings is 1. The highest BCUT2D eigenvalue weighted by Gasteiger charge is 2.12. The molecule has 0 fully saturated rings. The summed E-state index contributed by atoms with van der Waals surface area (Å²) in [4.78, 5) is 25.7. The van der Waals surface area contributed by atoms with Crippen molar-refractivity contribution in [3.63, 3.8) is 0 Å². The van der Waals surface area contributed by atoms with Crippen LogP contribution >= 0.6 is 11.3 Å². The highest BCUT2D eigenvalue weighted by atomic mass is 32.1. The molecule has 0 spiro atoms. The summed E-state index contributed by atoms with van der Waals surface area (Å²) in [5.41, 5.74) is 1.95. The molecule has 0 aliphatic carbocycles. The average molecular weight is 451 g/mol. The molecule has 0 aliphatic heterocycles. The van der Waals surface area contributed by atoms with E-state index in [1.54, 1.807) is 72.0 Å². The molecule has 5 rings (SSSR count). The maximum Gasteiger partial charge on any atom is 0.343 e. The highest BCUT2D eigenvalue weighted by Crippen LogP contribution is 2.36. The predicted octanol–water partition coefficient (Wildman–Crippen LogP) is 7.01. The second-order valence-corrected chi connectivity index (χ2v) is 8.43. The lowest BCUT2D eigenvalue weighted by Gasteiger charge is -2.05. The van der Waals surface area contributed by atoms with E-state index in [0.717, 1.165) is 20.5 Å². The first-order valence-corrected chi connectivity index (χ1v) is 11.2. The van der Waals surface area contributed by atoms with Crippen molar-refractivity contribution in [1.82, 2.24) is 0 Å². The maximum absolute atomic E-state index is 12.4. The van der Waals surface area contributed by atoms with Crippen LogP contribution in [0.4, 0.5) is 0 Å². The Hall–Kier alpha value is -4.22. The van der Waals surface area contributed by atoms with Crippen LogP contribution in [0.15, 0.2) is 109 Å². The van der Waals surface area contributed by atoms with Gasteiger partial charge in [0, 0.05) is 9.58 Å². The zero-order chi connectivity index (χ0) is 22.6. The zero-order valence-electron chi connectivity index (χ0n) is 17.4. The van der Waals surface area contributed by atoms with E-state index in [1.807, 2.05) is 42.5 Å². The number of fused-ring (bicyclic) bond motifs is 1. The Bertz CT molecular complexity index is 1440. The number of ether oxygens (including phenoxy) is 2. The van der Waals surface area contributed by atoms with Crippen LogP contribution in [0.3, 0.4) is 0 Å². The van der Waals surface area contributed by atoms with Gasteiger partial charge in [-0.15, -0.1) is 11.3 Å². The summed E-state index contributed by atoms with van der Waals surface area (Å²) in [7, 11) is 0. The van der Waals surface area contributed by atoms with Crippen molar-refractivity contribution in [2.24, 2.45) is 0 Å². The molecule has 160 valence electrons. The lowest BCUT2D eigenvalue weighted by Crippen LogP contribution is -2.07. The SMILES string of the molecule is O=C(Oc1cccc(-c2cc3ccc(OC(=O)c4ccccc4)cc3s2)c1)c1ccccc1. The van der Waals surface area contributed by atoms with Gasteiger partial charge in [-0.3, -0.25) is 0 Å². The largest absolute Gasteiger partial charge is 0.423 e. The van der Waals surface area contributed by atoms with Crippen LogP contribution in [0.5, 0.6) is 11.5 Å². The summed E-state index contributed by atoms with van der Waals surface area (Å²) in [6.07, 6.45) is 0. The Morgan fingerprint density at radius 2 is 1.18 bits per heavy atom. The van der Waals surface area contributed by atoms with E-state index in [2.05, 4.69) is 6.07 Å². The van der Waals surface area contributed by atoms with Gasteiger partial charge in [0.15, 0.2) is 0 Å². The molecule has 0 N–H and O–H groups in total. The van der Waals surface area contributed by atoms with Crippen molar-refractivity contribution in [3.8, 4) is 21.9 Å². The van der Waals surface area contributed by atoms with Gasteiger partial charge in [0.25, 0.3) is 0 Å². The van der Waals surface area contributed by atoms with Gasteiger partial charge in [0.05, 0.1) is 11.1 Å². The van der Waals surface area contributed by atoms with Crippen LogP contribution in [-0.4, -0.2) is 11.9 Å². The van der Waals surface area contributed by atoms with Gasteiger partial charge in [-0.05, 0) is 71.6 Å². The fourth-order valence-corrected chi connectivity index (χ4v) is 4.50. The van der Waals surface area contributed by atoms with Crippen LogP contribution in [0.1, 0.15) is 20.7 Å². The molecule has 0 amide bonds. The standard InChI is InChI=1S/C28H18O4S/c29-27(19-8-3-1-4-9-19)31-23-13-7-12-21(16-23)25-17-22-14-15-24(18-26(22)33-25)32-28(30)20-10-5-2-6-11-20/h1-18H. The third-order valence-corrected chi connectivity index (χ3v) is 6.20. The molecule has 0 bridgehead atoms. The van der Waals surface area contributed by atoms with Gasteiger partial charge in [-0.25, -0.2) is 9.59 Å². The van der Waals surface area contributed by atoms with Crippen LogP contribution in [0.2, 0.25) is 0 Å². The minimum absolute atomic E-state index is 0.389. The summed E-state index contributed by atoms with van der Waals surface area (Å²) >= 11 is 1.58. The lowest BCUT2D eigenvalue weighted by molar-refractivity contribution is 0.0725. The van der Waals surface area contributed by atoms with Gasteiger partial charge < -0.3 is 9.47 Å². The van der Waals surface area contributed by atoms with E-state index < -0.39 is 5.97 Å². The van der Waals surface area contributed by atoms with E-state index >= 15 is 0 Å². The second kappa shape index (κ2) is 9.10. The molecule has 0 unspecified atom stereocenters. The number of esters is 2. The van der Waals surface area contributed by atoms with Crippen LogP contribution in [0, 0.1) is 0 Å². The smallest absolute Gasteiger partial charge is 0.343 e. The Kier molecular flexibility index (Phi) is 5.70. The predicted molar refractivity (Wildman–Crippen MR) is 130 cm³/mol. The lowest BCUT2D eigenvalue weighted by atomic mass is 10.1. The highest BCUT2D eigenvalue weighted by molar-refractivity contribution is 7.22. The number of rotatable bonds is 5. The summed E-state index contributed by atoms with van der Waals surface area (Å²) in [6, 6.07) is 32.9. The molecule has 1 aromatic heterocycles. The van der Waals surface area contributed by atoms with Crippen LogP contribution in [-0.2, 0) is 0 Å². The van der Waals surface area contributed by atoms with Crippen molar-refractivity contribution < 1.29 is 19.1 Å². The van der Waals surface area contributed by atoms with Gasteiger partial charge in [0.2, 0.25) is 0 Å². The van der Waals surface area contributed by atoms with Gasteiger partial charge >= 0.3 is 11.9 Å². The number of benzene rings is 4.